The lowest BCUT2D eigenvalue weighted by molar-refractivity contribution is -0.142. The Morgan fingerprint density at radius 3 is 2.25 bits per heavy atom. The third-order valence-electron chi connectivity index (χ3n) is 3.35. The predicted octanol–water partition coefficient (Wildman–Crippen LogP) is 1.56. The Morgan fingerprint density at radius 2 is 1.80 bits per heavy atom. The van der Waals surface area contributed by atoms with Gasteiger partial charge >= 0.3 is 0 Å². The zero-order valence-corrected chi connectivity index (χ0v) is 13.4. The summed E-state index contributed by atoms with van der Waals surface area (Å²) in [4.78, 5) is 25.4. The Labute approximate surface area is 122 Å². The third kappa shape index (κ3) is 5.90. The third-order valence-corrected chi connectivity index (χ3v) is 3.35. The average Bonchev–Trinajstić information content (AvgIpc) is 2.35. The van der Waals surface area contributed by atoms with Gasteiger partial charge in [0.05, 0.1) is 5.60 Å². The van der Waals surface area contributed by atoms with Crippen molar-refractivity contribution in [2.24, 2.45) is 5.92 Å². The first-order chi connectivity index (χ1) is 9.19. The van der Waals surface area contributed by atoms with E-state index in [1.807, 2.05) is 39.5 Å². The molecule has 116 valence electrons. The summed E-state index contributed by atoms with van der Waals surface area (Å²) in [6, 6.07) is 0.192. The highest BCUT2D eigenvalue weighted by Crippen LogP contribution is 2.13. The van der Waals surface area contributed by atoms with Crippen LogP contribution >= 0.6 is 0 Å². The maximum atomic E-state index is 12.0. The summed E-state index contributed by atoms with van der Waals surface area (Å²) in [5, 5.41) is 3.03. The van der Waals surface area contributed by atoms with Crippen molar-refractivity contribution < 1.29 is 14.3 Å². The number of hydrogen-bond acceptors (Lipinski definition) is 3. The molecule has 0 aromatic rings. The lowest BCUT2D eigenvalue weighted by atomic mass is 10.0. The minimum atomic E-state index is -0.292. The molecule has 1 aliphatic rings. The van der Waals surface area contributed by atoms with Gasteiger partial charge in [0, 0.05) is 25.0 Å². The second-order valence-electron chi connectivity index (χ2n) is 6.72. The first-order valence-electron chi connectivity index (χ1n) is 7.41. The molecule has 0 unspecified atom stereocenters. The van der Waals surface area contributed by atoms with Crippen LogP contribution in [-0.4, -0.2) is 48.1 Å². The molecule has 0 bridgehead atoms. The number of nitrogens with zero attached hydrogens (tertiary/aromatic N) is 1. The van der Waals surface area contributed by atoms with Crippen molar-refractivity contribution in [2.75, 3.05) is 19.7 Å². The number of carbonyl (C=O) groups excluding carboxylic acids is 2. The molecule has 5 heteroatoms. The van der Waals surface area contributed by atoms with Crippen molar-refractivity contribution >= 4 is 11.8 Å². The minimum Gasteiger partial charge on any atom is -0.366 e. The SMILES string of the molecule is CC(C)C(=O)NC1CCN(C(=O)COC(C)(C)C)CC1. The molecular weight excluding hydrogens is 256 g/mol. The fourth-order valence-electron chi connectivity index (χ4n) is 2.01. The summed E-state index contributed by atoms with van der Waals surface area (Å²) in [6.45, 7) is 11.1. The number of hydrogen-bond donors (Lipinski definition) is 1. The van der Waals surface area contributed by atoms with Gasteiger partial charge in [-0.25, -0.2) is 0 Å². The van der Waals surface area contributed by atoms with Crippen molar-refractivity contribution in [2.45, 2.75) is 59.1 Å². The van der Waals surface area contributed by atoms with E-state index in [1.54, 1.807) is 0 Å². The largest absolute Gasteiger partial charge is 0.366 e. The molecule has 1 saturated heterocycles. The minimum absolute atomic E-state index is 0.00912. The van der Waals surface area contributed by atoms with Crippen molar-refractivity contribution in [3.8, 4) is 0 Å². The summed E-state index contributed by atoms with van der Waals surface area (Å²) in [5.74, 6) is 0.134. The molecule has 2 amide bonds. The van der Waals surface area contributed by atoms with Crippen LogP contribution in [-0.2, 0) is 14.3 Å². The van der Waals surface area contributed by atoms with Crippen LogP contribution in [0.4, 0.5) is 0 Å². The average molecular weight is 284 g/mol. The lowest BCUT2D eigenvalue weighted by Gasteiger charge is -2.33. The summed E-state index contributed by atoms with van der Waals surface area (Å²) >= 11 is 0. The molecule has 1 N–H and O–H groups in total. The van der Waals surface area contributed by atoms with E-state index in [9.17, 15) is 9.59 Å². The Hall–Kier alpha value is -1.10. The van der Waals surface area contributed by atoms with E-state index < -0.39 is 0 Å². The number of ether oxygens (including phenoxy) is 1. The topological polar surface area (TPSA) is 58.6 Å². The number of amides is 2. The van der Waals surface area contributed by atoms with Gasteiger partial charge < -0.3 is 15.0 Å². The first-order valence-corrected chi connectivity index (χ1v) is 7.41. The van der Waals surface area contributed by atoms with Crippen LogP contribution in [0.5, 0.6) is 0 Å². The van der Waals surface area contributed by atoms with E-state index >= 15 is 0 Å². The van der Waals surface area contributed by atoms with E-state index in [1.165, 1.54) is 0 Å². The molecule has 5 nitrogen and oxygen atoms in total. The standard InChI is InChI=1S/C15H28N2O3/c1-11(2)14(19)16-12-6-8-17(9-7-12)13(18)10-20-15(3,4)5/h11-12H,6-10H2,1-5H3,(H,16,19). The number of nitrogens with one attached hydrogen (secondary N) is 1. The number of likely N-dealkylation sites (tertiary alicyclic amines) is 1. The van der Waals surface area contributed by atoms with E-state index in [0.29, 0.717) is 13.1 Å². The number of rotatable bonds is 4. The van der Waals surface area contributed by atoms with Crippen molar-refractivity contribution in [1.29, 1.82) is 0 Å². The van der Waals surface area contributed by atoms with Crippen molar-refractivity contribution in [3.63, 3.8) is 0 Å². The molecule has 0 aliphatic carbocycles. The summed E-state index contributed by atoms with van der Waals surface area (Å²) in [6.07, 6.45) is 1.64. The van der Waals surface area contributed by atoms with Gasteiger partial charge in [0.2, 0.25) is 11.8 Å². The molecule has 0 spiro atoms. The molecule has 0 saturated carbocycles. The highest BCUT2D eigenvalue weighted by Gasteiger charge is 2.25. The zero-order valence-electron chi connectivity index (χ0n) is 13.4. The zero-order chi connectivity index (χ0) is 15.3. The van der Waals surface area contributed by atoms with Crippen molar-refractivity contribution in [3.05, 3.63) is 0 Å². The summed E-state index contributed by atoms with van der Waals surface area (Å²) in [5.41, 5.74) is -0.292. The molecule has 0 aromatic carbocycles. The van der Waals surface area contributed by atoms with Gasteiger partial charge in [-0.2, -0.15) is 0 Å². The molecule has 1 heterocycles. The molecule has 0 atom stereocenters. The fraction of sp³-hybridized carbons (Fsp3) is 0.867. The Morgan fingerprint density at radius 1 is 1.25 bits per heavy atom. The van der Waals surface area contributed by atoms with E-state index in [-0.39, 0.29) is 36.0 Å². The maximum Gasteiger partial charge on any atom is 0.248 e. The predicted molar refractivity (Wildman–Crippen MR) is 78.3 cm³/mol. The fourth-order valence-corrected chi connectivity index (χ4v) is 2.01. The van der Waals surface area contributed by atoms with Crippen LogP contribution in [0.25, 0.3) is 0 Å². The van der Waals surface area contributed by atoms with Crippen LogP contribution < -0.4 is 5.32 Å². The van der Waals surface area contributed by atoms with E-state index in [4.69, 9.17) is 4.74 Å². The van der Waals surface area contributed by atoms with Crippen LogP contribution in [0.1, 0.15) is 47.5 Å². The molecule has 0 radical (unpaired) electrons. The van der Waals surface area contributed by atoms with Crippen LogP contribution in [0.15, 0.2) is 0 Å². The van der Waals surface area contributed by atoms with Crippen LogP contribution in [0.2, 0.25) is 0 Å². The van der Waals surface area contributed by atoms with Gasteiger partial charge in [-0.15, -0.1) is 0 Å². The smallest absolute Gasteiger partial charge is 0.248 e. The van der Waals surface area contributed by atoms with Gasteiger partial charge in [0.1, 0.15) is 6.61 Å². The van der Waals surface area contributed by atoms with Gasteiger partial charge in [0.15, 0.2) is 0 Å². The monoisotopic (exact) mass is 284 g/mol. The second kappa shape index (κ2) is 7.07. The van der Waals surface area contributed by atoms with Gasteiger partial charge in [-0.3, -0.25) is 9.59 Å². The first kappa shape index (κ1) is 17.0. The van der Waals surface area contributed by atoms with Crippen molar-refractivity contribution in [1.82, 2.24) is 10.2 Å². The van der Waals surface area contributed by atoms with E-state index in [0.717, 1.165) is 12.8 Å². The molecule has 1 aliphatic heterocycles. The van der Waals surface area contributed by atoms with Gasteiger partial charge in [-0.1, -0.05) is 13.8 Å². The summed E-state index contributed by atoms with van der Waals surface area (Å²) in [7, 11) is 0. The van der Waals surface area contributed by atoms with E-state index in [2.05, 4.69) is 5.32 Å². The molecule has 0 aromatic heterocycles. The molecule has 1 rings (SSSR count). The van der Waals surface area contributed by atoms with Gasteiger partial charge in [-0.05, 0) is 33.6 Å². The quantitative estimate of drug-likeness (QED) is 0.852. The normalized spacial score (nSPS) is 17.4. The molecular formula is C15H28N2O3. The van der Waals surface area contributed by atoms with Crippen LogP contribution in [0, 0.1) is 5.92 Å². The highest BCUT2D eigenvalue weighted by molar-refractivity contribution is 5.79. The second-order valence-corrected chi connectivity index (χ2v) is 6.72. The molecule has 20 heavy (non-hydrogen) atoms. The Kier molecular flexibility index (Phi) is 5.99. The lowest BCUT2D eigenvalue weighted by Crippen LogP contribution is -2.48. The van der Waals surface area contributed by atoms with Gasteiger partial charge in [0.25, 0.3) is 0 Å². The number of piperidine rings is 1. The highest BCUT2D eigenvalue weighted by atomic mass is 16.5. The maximum absolute atomic E-state index is 12.0. The molecule has 1 fully saturated rings. The summed E-state index contributed by atoms with van der Waals surface area (Å²) < 4.78 is 5.51. The Bertz CT molecular complexity index is 340. The number of carbonyl (C=O) groups is 2. The van der Waals surface area contributed by atoms with Crippen LogP contribution in [0.3, 0.4) is 0 Å². The Balaban J connectivity index is 2.31.